The lowest BCUT2D eigenvalue weighted by molar-refractivity contribution is 0.249. The molecule has 1 saturated carbocycles. The predicted molar refractivity (Wildman–Crippen MR) is 121 cm³/mol. The molecule has 30 heavy (non-hydrogen) atoms. The van der Waals surface area contributed by atoms with E-state index >= 15 is 0 Å². The molecule has 1 aliphatic rings. The number of ether oxygens (including phenoxy) is 1. The van der Waals surface area contributed by atoms with E-state index in [0.717, 1.165) is 30.2 Å². The molecule has 0 atom stereocenters. The maximum atomic E-state index is 14.7. The molecule has 1 fully saturated rings. The molecule has 1 aromatic heterocycles. The monoisotopic (exact) mass is 412 g/mol. The highest BCUT2D eigenvalue weighted by Gasteiger charge is 2.20. The molecule has 4 heteroatoms. The Morgan fingerprint density at radius 3 is 2.30 bits per heavy atom. The summed E-state index contributed by atoms with van der Waals surface area (Å²) in [6.45, 7) is 4.93. The molecule has 0 N–H and O–H groups in total. The number of hydrogen-bond donors (Lipinski definition) is 0. The minimum absolute atomic E-state index is 0.219. The number of rotatable bonds is 11. The van der Waals surface area contributed by atoms with E-state index in [1.165, 1.54) is 57.8 Å². The van der Waals surface area contributed by atoms with Crippen LogP contribution in [0.25, 0.3) is 11.3 Å². The van der Waals surface area contributed by atoms with E-state index in [9.17, 15) is 4.39 Å². The van der Waals surface area contributed by atoms with Crippen LogP contribution in [0, 0.1) is 17.7 Å². The van der Waals surface area contributed by atoms with E-state index in [0.29, 0.717) is 23.7 Å². The Morgan fingerprint density at radius 2 is 1.67 bits per heavy atom. The van der Waals surface area contributed by atoms with Gasteiger partial charge >= 0.3 is 0 Å². The van der Waals surface area contributed by atoms with Gasteiger partial charge in [0, 0.05) is 11.6 Å². The van der Waals surface area contributed by atoms with Gasteiger partial charge in [0.1, 0.15) is 5.82 Å². The molecule has 0 radical (unpaired) electrons. The van der Waals surface area contributed by atoms with Crippen LogP contribution in [0.5, 0.6) is 5.88 Å². The molecule has 0 spiro atoms. The van der Waals surface area contributed by atoms with Crippen molar-refractivity contribution >= 4 is 0 Å². The van der Waals surface area contributed by atoms with Crippen molar-refractivity contribution in [1.82, 2.24) is 10.2 Å². The van der Waals surface area contributed by atoms with Crippen molar-refractivity contribution in [3.8, 4) is 17.1 Å². The number of aryl methyl sites for hydroxylation is 1. The molecular weight excluding hydrogens is 375 g/mol. The molecule has 164 valence electrons. The van der Waals surface area contributed by atoms with Gasteiger partial charge in [-0.1, -0.05) is 71.3 Å². The van der Waals surface area contributed by atoms with Gasteiger partial charge in [0.25, 0.3) is 0 Å². The average molecular weight is 413 g/mol. The van der Waals surface area contributed by atoms with Gasteiger partial charge < -0.3 is 4.74 Å². The van der Waals surface area contributed by atoms with Crippen LogP contribution in [0.3, 0.4) is 0 Å². The zero-order valence-electron chi connectivity index (χ0n) is 18.7. The van der Waals surface area contributed by atoms with Crippen molar-refractivity contribution in [2.45, 2.75) is 84.5 Å². The maximum Gasteiger partial charge on any atom is 0.233 e. The molecule has 0 bridgehead atoms. The number of nitrogens with zero attached hydrogens (tertiary/aromatic N) is 2. The molecule has 1 heterocycles. The molecule has 2 aromatic rings. The lowest BCUT2D eigenvalue weighted by atomic mass is 9.78. The van der Waals surface area contributed by atoms with E-state index < -0.39 is 0 Å². The Kier molecular flexibility index (Phi) is 9.10. The maximum absolute atomic E-state index is 14.7. The van der Waals surface area contributed by atoms with Crippen LogP contribution in [-0.4, -0.2) is 16.8 Å². The average Bonchev–Trinajstić information content (AvgIpc) is 2.78. The second-order valence-corrected chi connectivity index (χ2v) is 8.84. The Labute approximate surface area is 181 Å². The zero-order chi connectivity index (χ0) is 21.2. The Balaban J connectivity index is 1.48. The minimum atomic E-state index is -0.219. The van der Waals surface area contributed by atoms with Crippen LogP contribution < -0.4 is 4.74 Å². The van der Waals surface area contributed by atoms with Crippen molar-refractivity contribution in [1.29, 1.82) is 0 Å². The summed E-state index contributed by atoms with van der Waals surface area (Å²) in [4.78, 5) is 0. The summed E-state index contributed by atoms with van der Waals surface area (Å²) in [5, 5.41) is 8.17. The fraction of sp³-hybridized carbons (Fsp3) is 0.615. The molecule has 1 aliphatic carbocycles. The quantitative estimate of drug-likeness (QED) is 0.361. The number of benzene rings is 1. The van der Waals surface area contributed by atoms with E-state index in [1.807, 2.05) is 19.1 Å². The number of unbranched alkanes of at least 4 members (excludes halogenated alkanes) is 2. The molecule has 3 rings (SSSR count). The Bertz CT molecular complexity index is 754. The Hall–Kier alpha value is -1.97. The molecule has 0 aliphatic heterocycles. The number of halogens is 1. The smallest absolute Gasteiger partial charge is 0.233 e. The first-order valence-corrected chi connectivity index (χ1v) is 11.9. The van der Waals surface area contributed by atoms with Crippen molar-refractivity contribution in [3.05, 3.63) is 41.7 Å². The fourth-order valence-electron chi connectivity index (χ4n) is 4.53. The van der Waals surface area contributed by atoms with Crippen molar-refractivity contribution in [2.75, 3.05) is 6.61 Å². The highest BCUT2D eigenvalue weighted by molar-refractivity contribution is 5.60. The third-order valence-corrected chi connectivity index (χ3v) is 6.43. The molecule has 3 nitrogen and oxygen atoms in total. The highest BCUT2D eigenvalue weighted by atomic mass is 19.1. The summed E-state index contributed by atoms with van der Waals surface area (Å²) >= 11 is 0. The van der Waals surface area contributed by atoms with Crippen LogP contribution >= 0.6 is 0 Å². The van der Waals surface area contributed by atoms with Gasteiger partial charge in [0.2, 0.25) is 5.88 Å². The summed E-state index contributed by atoms with van der Waals surface area (Å²) in [5.41, 5.74) is 2.13. The molecule has 0 unspecified atom stereocenters. The summed E-state index contributed by atoms with van der Waals surface area (Å²) in [5.74, 6) is 2.02. The molecule has 0 saturated heterocycles. The van der Waals surface area contributed by atoms with E-state index in [4.69, 9.17) is 4.74 Å². The lowest BCUT2D eigenvalue weighted by Crippen LogP contribution is -2.15. The van der Waals surface area contributed by atoms with Gasteiger partial charge in [0.05, 0.1) is 12.3 Å². The topological polar surface area (TPSA) is 35.0 Å². The lowest BCUT2D eigenvalue weighted by Gasteiger charge is -2.28. The normalized spacial score (nSPS) is 19.0. The minimum Gasteiger partial charge on any atom is -0.477 e. The first kappa shape index (κ1) is 22.7. The number of hydrogen-bond acceptors (Lipinski definition) is 3. The summed E-state index contributed by atoms with van der Waals surface area (Å²) in [6, 6.07) is 9.08. The second-order valence-electron chi connectivity index (χ2n) is 8.84. The largest absolute Gasteiger partial charge is 0.477 e. The van der Waals surface area contributed by atoms with Crippen LogP contribution in [0.2, 0.25) is 0 Å². The van der Waals surface area contributed by atoms with Gasteiger partial charge in [-0.15, -0.1) is 10.2 Å². The van der Waals surface area contributed by atoms with Crippen LogP contribution in [0.1, 0.15) is 83.6 Å². The summed E-state index contributed by atoms with van der Waals surface area (Å²) < 4.78 is 20.2. The zero-order valence-corrected chi connectivity index (χ0v) is 18.7. The van der Waals surface area contributed by atoms with Gasteiger partial charge in [-0.05, 0) is 54.9 Å². The van der Waals surface area contributed by atoms with Crippen LogP contribution in [-0.2, 0) is 6.42 Å². The Morgan fingerprint density at radius 1 is 0.900 bits per heavy atom. The predicted octanol–water partition coefficient (Wildman–Crippen LogP) is 7.39. The standard InChI is InChI=1S/C26H37FN2O/c1-3-5-6-7-20-8-10-21(11-9-20)12-13-22-14-15-23(24(27)19-22)25-16-17-26(29-28-25)30-18-4-2/h14-17,19-21H,3-13,18H2,1-2H3. The summed E-state index contributed by atoms with van der Waals surface area (Å²) in [6.07, 6.45) is 14.0. The highest BCUT2D eigenvalue weighted by Crippen LogP contribution is 2.34. The summed E-state index contributed by atoms with van der Waals surface area (Å²) in [7, 11) is 0. The van der Waals surface area contributed by atoms with Gasteiger partial charge in [-0.3, -0.25) is 0 Å². The van der Waals surface area contributed by atoms with E-state index in [2.05, 4.69) is 17.1 Å². The van der Waals surface area contributed by atoms with Gasteiger partial charge in [-0.2, -0.15) is 0 Å². The third-order valence-electron chi connectivity index (χ3n) is 6.43. The van der Waals surface area contributed by atoms with E-state index in [-0.39, 0.29) is 5.82 Å². The SMILES string of the molecule is CCCCCC1CCC(CCc2ccc(-c3ccc(OCCC)nn3)c(F)c2)CC1. The second kappa shape index (κ2) is 12.0. The van der Waals surface area contributed by atoms with Crippen molar-refractivity contribution in [2.24, 2.45) is 11.8 Å². The van der Waals surface area contributed by atoms with Gasteiger partial charge in [0.15, 0.2) is 0 Å². The molecular formula is C26H37FN2O. The van der Waals surface area contributed by atoms with Crippen molar-refractivity contribution in [3.63, 3.8) is 0 Å². The molecule has 0 amide bonds. The van der Waals surface area contributed by atoms with E-state index in [1.54, 1.807) is 18.2 Å². The fourth-order valence-corrected chi connectivity index (χ4v) is 4.53. The third kappa shape index (κ3) is 6.78. The van der Waals surface area contributed by atoms with Gasteiger partial charge in [-0.25, -0.2) is 4.39 Å². The first-order valence-electron chi connectivity index (χ1n) is 11.9. The van der Waals surface area contributed by atoms with Crippen LogP contribution in [0.15, 0.2) is 30.3 Å². The molecule has 1 aromatic carbocycles. The number of aromatic nitrogens is 2. The first-order chi connectivity index (χ1) is 14.7. The van der Waals surface area contributed by atoms with Crippen molar-refractivity contribution < 1.29 is 9.13 Å². The van der Waals surface area contributed by atoms with Crippen LogP contribution in [0.4, 0.5) is 4.39 Å².